The molecule has 1 aromatic rings. The standard InChI is InChI=1S/C15H21ClN2O2/c1-10-3-2-6-15(8-10,9-17)18-14(20)12-7-11(19)4-5-13(12)16/h4-5,7,10,19H,2-3,6,8-9,17H2,1H3,(H,18,20). The minimum atomic E-state index is -0.358. The lowest BCUT2D eigenvalue weighted by Crippen LogP contribution is -2.56. The summed E-state index contributed by atoms with van der Waals surface area (Å²) >= 11 is 6.02. The van der Waals surface area contributed by atoms with Crippen molar-refractivity contribution in [2.75, 3.05) is 6.54 Å². The second-order valence-electron chi connectivity index (χ2n) is 5.80. The van der Waals surface area contributed by atoms with Gasteiger partial charge in [-0.25, -0.2) is 0 Å². The van der Waals surface area contributed by atoms with Gasteiger partial charge in [0, 0.05) is 6.54 Å². The minimum absolute atomic E-state index is 0.0263. The van der Waals surface area contributed by atoms with E-state index in [4.69, 9.17) is 17.3 Å². The maximum Gasteiger partial charge on any atom is 0.253 e. The molecule has 0 bridgehead atoms. The molecular formula is C15H21ClN2O2. The van der Waals surface area contributed by atoms with Gasteiger partial charge in [-0.3, -0.25) is 4.79 Å². The molecule has 0 saturated heterocycles. The zero-order valence-corrected chi connectivity index (χ0v) is 12.4. The van der Waals surface area contributed by atoms with Crippen LogP contribution in [0, 0.1) is 5.92 Å². The van der Waals surface area contributed by atoms with Gasteiger partial charge in [0.15, 0.2) is 0 Å². The summed E-state index contributed by atoms with van der Waals surface area (Å²) in [6, 6.07) is 4.36. The molecule has 0 radical (unpaired) electrons. The van der Waals surface area contributed by atoms with E-state index in [1.165, 1.54) is 24.6 Å². The SMILES string of the molecule is CC1CCCC(CN)(NC(=O)c2cc(O)ccc2Cl)C1. The summed E-state index contributed by atoms with van der Waals surface area (Å²) in [4.78, 5) is 12.4. The van der Waals surface area contributed by atoms with Crippen molar-refractivity contribution < 1.29 is 9.90 Å². The molecule has 1 aromatic carbocycles. The minimum Gasteiger partial charge on any atom is -0.508 e. The Morgan fingerprint density at radius 2 is 2.35 bits per heavy atom. The average Bonchev–Trinajstić information content (AvgIpc) is 2.41. The summed E-state index contributed by atoms with van der Waals surface area (Å²) in [5.74, 6) is 0.302. The number of phenolic OH excluding ortho intramolecular Hbond substituents is 1. The molecule has 110 valence electrons. The maximum atomic E-state index is 12.4. The zero-order valence-electron chi connectivity index (χ0n) is 11.7. The molecule has 2 rings (SSSR count). The molecule has 5 heteroatoms. The van der Waals surface area contributed by atoms with Crippen molar-refractivity contribution in [1.82, 2.24) is 5.32 Å². The van der Waals surface area contributed by atoms with E-state index in [0.717, 1.165) is 19.3 Å². The molecule has 1 fully saturated rings. The van der Waals surface area contributed by atoms with E-state index in [-0.39, 0.29) is 22.8 Å². The van der Waals surface area contributed by atoms with E-state index < -0.39 is 0 Å². The lowest BCUT2D eigenvalue weighted by atomic mass is 9.76. The molecule has 2 atom stereocenters. The molecule has 1 amide bonds. The fourth-order valence-corrected chi connectivity index (χ4v) is 3.21. The van der Waals surface area contributed by atoms with Crippen molar-refractivity contribution >= 4 is 17.5 Å². The van der Waals surface area contributed by atoms with Crippen LogP contribution < -0.4 is 11.1 Å². The van der Waals surface area contributed by atoms with Gasteiger partial charge in [-0.2, -0.15) is 0 Å². The van der Waals surface area contributed by atoms with E-state index in [9.17, 15) is 9.90 Å². The van der Waals surface area contributed by atoms with Crippen LogP contribution in [0.5, 0.6) is 5.75 Å². The highest BCUT2D eigenvalue weighted by Gasteiger charge is 2.35. The first-order valence-corrected chi connectivity index (χ1v) is 7.35. The topological polar surface area (TPSA) is 75.3 Å². The maximum absolute atomic E-state index is 12.4. The molecule has 1 aliphatic carbocycles. The highest BCUT2D eigenvalue weighted by Crippen LogP contribution is 2.32. The normalized spacial score (nSPS) is 26.2. The van der Waals surface area contributed by atoms with Gasteiger partial charge in [0.25, 0.3) is 5.91 Å². The molecule has 0 heterocycles. The quantitative estimate of drug-likeness (QED) is 0.803. The third-order valence-electron chi connectivity index (χ3n) is 4.06. The van der Waals surface area contributed by atoms with Crippen LogP contribution >= 0.6 is 11.6 Å². The first-order valence-electron chi connectivity index (χ1n) is 6.97. The van der Waals surface area contributed by atoms with Crippen molar-refractivity contribution in [2.24, 2.45) is 11.7 Å². The highest BCUT2D eigenvalue weighted by molar-refractivity contribution is 6.33. The second kappa shape index (κ2) is 6.02. The number of hydrogen-bond donors (Lipinski definition) is 3. The van der Waals surface area contributed by atoms with Gasteiger partial charge in [-0.1, -0.05) is 31.4 Å². The van der Waals surface area contributed by atoms with Crippen LogP contribution in [-0.2, 0) is 0 Å². The predicted octanol–water partition coefficient (Wildman–Crippen LogP) is 2.68. The number of benzene rings is 1. The lowest BCUT2D eigenvalue weighted by molar-refractivity contribution is 0.0853. The van der Waals surface area contributed by atoms with Crippen LogP contribution in [0.15, 0.2) is 18.2 Å². The van der Waals surface area contributed by atoms with Crippen LogP contribution in [0.2, 0.25) is 5.02 Å². The molecule has 0 spiro atoms. The first-order chi connectivity index (χ1) is 9.46. The van der Waals surface area contributed by atoms with Crippen LogP contribution in [0.4, 0.5) is 0 Å². The van der Waals surface area contributed by atoms with E-state index in [1.54, 1.807) is 0 Å². The van der Waals surface area contributed by atoms with Gasteiger partial charge < -0.3 is 16.2 Å². The number of amides is 1. The number of nitrogens with two attached hydrogens (primary N) is 1. The molecule has 4 nitrogen and oxygen atoms in total. The lowest BCUT2D eigenvalue weighted by Gasteiger charge is -2.40. The Labute approximate surface area is 124 Å². The third kappa shape index (κ3) is 3.25. The fraction of sp³-hybridized carbons (Fsp3) is 0.533. The molecular weight excluding hydrogens is 276 g/mol. The number of carbonyl (C=O) groups is 1. The van der Waals surface area contributed by atoms with Crippen molar-refractivity contribution in [3.8, 4) is 5.75 Å². The molecule has 4 N–H and O–H groups in total. The summed E-state index contributed by atoms with van der Waals surface area (Å²) in [5.41, 5.74) is 5.83. The van der Waals surface area contributed by atoms with E-state index in [2.05, 4.69) is 12.2 Å². The molecule has 1 saturated carbocycles. The Balaban J connectivity index is 2.19. The number of phenols is 1. The van der Waals surface area contributed by atoms with Gasteiger partial charge in [0.2, 0.25) is 0 Å². The predicted molar refractivity (Wildman–Crippen MR) is 80.0 cm³/mol. The van der Waals surface area contributed by atoms with Gasteiger partial charge in [-0.15, -0.1) is 0 Å². The van der Waals surface area contributed by atoms with E-state index in [1.807, 2.05) is 0 Å². The molecule has 1 aliphatic rings. The average molecular weight is 297 g/mol. The van der Waals surface area contributed by atoms with Crippen molar-refractivity contribution in [2.45, 2.75) is 38.1 Å². The Hall–Kier alpha value is -1.26. The highest BCUT2D eigenvalue weighted by atomic mass is 35.5. The summed E-state index contributed by atoms with van der Waals surface area (Å²) < 4.78 is 0. The Morgan fingerprint density at radius 3 is 3.00 bits per heavy atom. The number of nitrogens with one attached hydrogen (secondary N) is 1. The summed E-state index contributed by atoms with van der Waals surface area (Å²) in [7, 11) is 0. The van der Waals surface area contributed by atoms with Crippen LogP contribution in [-0.4, -0.2) is 23.1 Å². The Bertz CT molecular complexity index is 507. The van der Waals surface area contributed by atoms with Gasteiger partial charge in [0.05, 0.1) is 16.1 Å². The van der Waals surface area contributed by atoms with Gasteiger partial charge in [0.1, 0.15) is 5.75 Å². The Morgan fingerprint density at radius 1 is 1.60 bits per heavy atom. The Kier molecular flexibility index (Phi) is 4.55. The van der Waals surface area contributed by atoms with Crippen LogP contribution in [0.3, 0.4) is 0 Å². The summed E-state index contributed by atoms with van der Waals surface area (Å²) in [6.45, 7) is 2.59. The van der Waals surface area contributed by atoms with E-state index in [0.29, 0.717) is 17.5 Å². The zero-order chi connectivity index (χ0) is 14.8. The largest absolute Gasteiger partial charge is 0.508 e. The summed E-state index contributed by atoms with van der Waals surface area (Å²) in [5, 5.41) is 12.9. The number of carbonyl (C=O) groups excluding carboxylic acids is 1. The first kappa shape index (κ1) is 15.1. The smallest absolute Gasteiger partial charge is 0.253 e. The summed E-state index contributed by atoms with van der Waals surface area (Å²) in [6.07, 6.45) is 4.00. The van der Waals surface area contributed by atoms with Crippen molar-refractivity contribution in [1.29, 1.82) is 0 Å². The number of hydrogen-bond acceptors (Lipinski definition) is 3. The molecule has 0 aliphatic heterocycles. The third-order valence-corrected chi connectivity index (χ3v) is 4.39. The monoisotopic (exact) mass is 296 g/mol. The van der Waals surface area contributed by atoms with Crippen LogP contribution in [0.1, 0.15) is 43.0 Å². The fourth-order valence-electron chi connectivity index (χ4n) is 3.01. The van der Waals surface area contributed by atoms with Gasteiger partial charge >= 0.3 is 0 Å². The van der Waals surface area contributed by atoms with Gasteiger partial charge in [-0.05, 0) is 37.0 Å². The molecule has 20 heavy (non-hydrogen) atoms. The number of aromatic hydroxyl groups is 1. The molecule has 0 aromatic heterocycles. The second-order valence-corrected chi connectivity index (χ2v) is 6.21. The van der Waals surface area contributed by atoms with E-state index >= 15 is 0 Å². The number of halogens is 1. The van der Waals surface area contributed by atoms with Crippen molar-refractivity contribution in [3.05, 3.63) is 28.8 Å². The molecule has 2 unspecified atom stereocenters. The van der Waals surface area contributed by atoms with Crippen molar-refractivity contribution in [3.63, 3.8) is 0 Å². The van der Waals surface area contributed by atoms with Crippen LogP contribution in [0.25, 0.3) is 0 Å². The number of rotatable bonds is 3.